The summed E-state index contributed by atoms with van der Waals surface area (Å²) in [6.07, 6.45) is 9.08. The number of pyridine rings is 1. The van der Waals surface area contributed by atoms with Crippen LogP contribution in [0.2, 0.25) is 0 Å². The largest absolute Gasteiger partial charge is 0.437 e. The number of fused-ring (bicyclic) bond motifs is 1. The van der Waals surface area contributed by atoms with Gasteiger partial charge >= 0.3 is 0 Å². The normalized spacial score (nSPS) is 17.6. The molecule has 4 aromatic rings. The number of carbonyl (C=O) groups excluding carboxylic acids is 1. The van der Waals surface area contributed by atoms with E-state index in [1.165, 1.54) is 11.8 Å². The summed E-state index contributed by atoms with van der Waals surface area (Å²) in [7, 11) is 0. The maximum absolute atomic E-state index is 13.0. The number of hydrogen-bond acceptors (Lipinski definition) is 6. The highest BCUT2D eigenvalue weighted by Gasteiger charge is 2.27. The molecule has 0 saturated heterocycles. The van der Waals surface area contributed by atoms with Gasteiger partial charge in [0.2, 0.25) is 5.88 Å². The molecule has 35 heavy (non-hydrogen) atoms. The monoisotopic (exact) mass is 483 g/mol. The molecule has 2 aromatic heterocycles. The summed E-state index contributed by atoms with van der Waals surface area (Å²) in [5.74, 6) is 2.44. The van der Waals surface area contributed by atoms with E-state index in [1.807, 2.05) is 37.4 Å². The van der Waals surface area contributed by atoms with Gasteiger partial charge in [-0.2, -0.15) is 0 Å². The molecule has 0 spiro atoms. The van der Waals surface area contributed by atoms with Gasteiger partial charge < -0.3 is 4.74 Å². The Labute approximate surface area is 210 Å². The lowest BCUT2D eigenvalue weighted by atomic mass is 9.92. The summed E-state index contributed by atoms with van der Waals surface area (Å²) in [4.78, 5) is 26.5. The molecule has 0 N–H and O–H groups in total. The number of hydrogen-bond donors (Lipinski definition) is 0. The summed E-state index contributed by atoms with van der Waals surface area (Å²) in [5.41, 5.74) is 3.64. The van der Waals surface area contributed by atoms with E-state index in [2.05, 4.69) is 46.1 Å². The molecule has 1 saturated carbocycles. The van der Waals surface area contributed by atoms with Crippen molar-refractivity contribution in [2.45, 2.75) is 44.7 Å². The lowest BCUT2D eigenvalue weighted by Crippen LogP contribution is -2.14. The fourth-order valence-corrected chi connectivity index (χ4v) is 5.33. The van der Waals surface area contributed by atoms with Crippen LogP contribution in [0.5, 0.6) is 11.6 Å². The smallest absolute Gasteiger partial charge is 0.228 e. The molecule has 0 amide bonds. The SMILES string of the molecule is CSc1nccc(-c2cccnc2Oc2c(C)ccc3c(CC(=O)C4CCC(C)C4)cccc23)n1. The maximum Gasteiger partial charge on any atom is 0.228 e. The van der Waals surface area contributed by atoms with Gasteiger partial charge in [-0.3, -0.25) is 4.79 Å². The third-order valence-corrected chi connectivity index (χ3v) is 7.44. The first-order valence-electron chi connectivity index (χ1n) is 12.1. The Kier molecular flexibility index (Phi) is 6.82. The summed E-state index contributed by atoms with van der Waals surface area (Å²) >= 11 is 1.50. The Morgan fingerprint density at radius 1 is 1.03 bits per heavy atom. The van der Waals surface area contributed by atoms with Crippen molar-refractivity contribution in [2.75, 3.05) is 6.26 Å². The van der Waals surface area contributed by atoms with Crippen molar-refractivity contribution < 1.29 is 9.53 Å². The minimum absolute atomic E-state index is 0.191. The number of carbonyl (C=O) groups is 1. The number of thioether (sulfide) groups is 1. The second kappa shape index (κ2) is 10.2. The van der Waals surface area contributed by atoms with Crippen molar-refractivity contribution in [3.05, 3.63) is 72.1 Å². The second-order valence-corrected chi connectivity index (χ2v) is 10.1. The first-order chi connectivity index (χ1) is 17.0. The molecule has 5 rings (SSSR count). The molecule has 0 radical (unpaired) electrons. The van der Waals surface area contributed by atoms with E-state index in [0.717, 1.165) is 58.2 Å². The zero-order valence-electron chi connectivity index (χ0n) is 20.3. The van der Waals surface area contributed by atoms with Crippen LogP contribution in [0.15, 0.2) is 66.1 Å². The number of ketones is 1. The maximum atomic E-state index is 13.0. The van der Waals surface area contributed by atoms with Gasteiger partial charge in [0.05, 0.1) is 11.3 Å². The average molecular weight is 484 g/mol. The molecular formula is C29H29N3O2S. The van der Waals surface area contributed by atoms with E-state index >= 15 is 0 Å². The van der Waals surface area contributed by atoms with E-state index in [-0.39, 0.29) is 5.92 Å². The lowest BCUT2D eigenvalue weighted by Gasteiger charge is -2.16. The molecule has 0 aliphatic heterocycles. The first kappa shape index (κ1) is 23.5. The molecular weight excluding hydrogens is 454 g/mol. The van der Waals surface area contributed by atoms with Gasteiger partial charge in [-0.1, -0.05) is 49.0 Å². The van der Waals surface area contributed by atoms with Crippen LogP contribution >= 0.6 is 11.8 Å². The molecule has 2 aromatic carbocycles. The van der Waals surface area contributed by atoms with E-state index < -0.39 is 0 Å². The van der Waals surface area contributed by atoms with Crippen molar-refractivity contribution in [2.24, 2.45) is 11.8 Å². The fraction of sp³-hybridized carbons (Fsp3) is 0.310. The van der Waals surface area contributed by atoms with Crippen LogP contribution in [0.1, 0.15) is 37.3 Å². The molecule has 1 fully saturated rings. The zero-order chi connectivity index (χ0) is 24.4. The zero-order valence-corrected chi connectivity index (χ0v) is 21.1. The minimum atomic E-state index is 0.191. The van der Waals surface area contributed by atoms with Crippen LogP contribution in [0.25, 0.3) is 22.0 Å². The molecule has 2 heterocycles. The van der Waals surface area contributed by atoms with Gasteiger partial charge in [0.25, 0.3) is 0 Å². The van der Waals surface area contributed by atoms with Crippen molar-refractivity contribution in [1.82, 2.24) is 15.0 Å². The van der Waals surface area contributed by atoms with E-state index in [4.69, 9.17) is 4.74 Å². The Morgan fingerprint density at radius 3 is 2.71 bits per heavy atom. The van der Waals surface area contributed by atoms with Crippen molar-refractivity contribution in [3.8, 4) is 22.9 Å². The molecule has 0 bridgehead atoms. The Morgan fingerprint density at radius 2 is 1.91 bits per heavy atom. The van der Waals surface area contributed by atoms with Crippen molar-refractivity contribution in [1.29, 1.82) is 0 Å². The highest BCUT2D eigenvalue weighted by molar-refractivity contribution is 7.98. The van der Waals surface area contributed by atoms with Gasteiger partial charge in [-0.05, 0) is 73.1 Å². The van der Waals surface area contributed by atoms with Crippen LogP contribution in [0.3, 0.4) is 0 Å². The van der Waals surface area contributed by atoms with Crippen molar-refractivity contribution in [3.63, 3.8) is 0 Å². The number of Topliss-reactive ketones (excluding diaryl/α,β-unsaturated/α-hetero) is 1. The van der Waals surface area contributed by atoms with E-state index in [0.29, 0.717) is 29.2 Å². The first-order valence-corrected chi connectivity index (χ1v) is 13.3. The molecule has 178 valence electrons. The Hall–Kier alpha value is -3.25. The van der Waals surface area contributed by atoms with Crippen LogP contribution in [0, 0.1) is 18.8 Å². The predicted octanol–water partition coefficient (Wildman–Crippen LogP) is 7.06. The van der Waals surface area contributed by atoms with Crippen LogP contribution < -0.4 is 4.74 Å². The second-order valence-electron chi connectivity index (χ2n) is 9.37. The Balaban J connectivity index is 1.51. The molecule has 1 aliphatic carbocycles. The average Bonchev–Trinajstić information content (AvgIpc) is 3.32. The van der Waals surface area contributed by atoms with Crippen molar-refractivity contribution >= 4 is 28.3 Å². The number of aryl methyl sites for hydroxylation is 1. The van der Waals surface area contributed by atoms with E-state index in [1.54, 1.807) is 12.4 Å². The number of ether oxygens (including phenoxy) is 1. The van der Waals surface area contributed by atoms with Crippen LogP contribution in [-0.2, 0) is 11.2 Å². The third-order valence-electron chi connectivity index (χ3n) is 6.88. The summed E-state index contributed by atoms with van der Waals surface area (Å²) in [5, 5.41) is 2.74. The molecule has 5 nitrogen and oxygen atoms in total. The van der Waals surface area contributed by atoms with E-state index in [9.17, 15) is 4.79 Å². The number of rotatable bonds is 7. The van der Waals surface area contributed by atoms with Gasteiger partial charge in [0.15, 0.2) is 5.16 Å². The van der Waals surface area contributed by atoms with Gasteiger partial charge in [0, 0.05) is 30.1 Å². The van der Waals surface area contributed by atoms with Crippen LogP contribution in [0.4, 0.5) is 0 Å². The Bertz CT molecular complexity index is 1390. The lowest BCUT2D eigenvalue weighted by molar-refractivity contribution is -0.122. The fourth-order valence-electron chi connectivity index (χ4n) is 4.98. The highest BCUT2D eigenvalue weighted by atomic mass is 32.2. The molecule has 6 heteroatoms. The standard InChI is InChI=1S/C29H29N3O2S/c1-18-9-11-21(16-18)26(33)17-20-6-4-7-23-22(20)12-10-19(2)27(23)34-28-24(8-5-14-30-28)25-13-15-31-29(32-25)35-3/h4-8,10,12-15,18,21H,9,11,16-17H2,1-3H3. The van der Waals surface area contributed by atoms with Gasteiger partial charge in [-0.25, -0.2) is 15.0 Å². The predicted molar refractivity (Wildman–Crippen MR) is 141 cm³/mol. The quantitative estimate of drug-likeness (QED) is 0.207. The molecule has 2 unspecified atom stereocenters. The number of aromatic nitrogens is 3. The third kappa shape index (κ3) is 4.94. The summed E-state index contributed by atoms with van der Waals surface area (Å²) in [6.45, 7) is 4.28. The van der Waals surface area contributed by atoms with Crippen LogP contribution in [-0.4, -0.2) is 27.0 Å². The molecule has 1 aliphatic rings. The number of benzene rings is 2. The van der Waals surface area contributed by atoms with Gasteiger partial charge in [0.1, 0.15) is 11.5 Å². The minimum Gasteiger partial charge on any atom is -0.437 e. The summed E-state index contributed by atoms with van der Waals surface area (Å²) < 4.78 is 6.49. The number of nitrogens with zero attached hydrogens (tertiary/aromatic N) is 3. The topological polar surface area (TPSA) is 65.0 Å². The van der Waals surface area contributed by atoms with Gasteiger partial charge in [-0.15, -0.1) is 0 Å². The highest BCUT2D eigenvalue weighted by Crippen LogP contribution is 2.38. The molecule has 2 atom stereocenters. The summed E-state index contributed by atoms with van der Waals surface area (Å²) in [6, 6.07) is 16.0.